The van der Waals surface area contributed by atoms with E-state index in [0.717, 1.165) is 23.2 Å². The Morgan fingerprint density at radius 2 is 2.00 bits per heavy atom. The molecular formula is C20H22N4O2. The van der Waals surface area contributed by atoms with Gasteiger partial charge in [-0.25, -0.2) is 4.79 Å². The Kier molecular flexibility index (Phi) is 3.83. The molecule has 2 aliphatic rings. The summed E-state index contributed by atoms with van der Waals surface area (Å²) in [6.45, 7) is 4.77. The number of carbonyl (C=O) groups is 2. The molecule has 26 heavy (non-hydrogen) atoms. The van der Waals surface area contributed by atoms with Crippen LogP contribution in [0.2, 0.25) is 0 Å². The zero-order valence-corrected chi connectivity index (χ0v) is 14.8. The smallest absolute Gasteiger partial charge is 0.319 e. The van der Waals surface area contributed by atoms with Crippen molar-refractivity contribution in [1.29, 1.82) is 0 Å². The highest BCUT2D eigenvalue weighted by Gasteiger charge is 2.39. The highest BCUT2D eigenvalue weighted by Crippen LogP contribution is 2.40. The van der Waals surface area contributed by atoms with Crippen molar-refractivity contribution in [1.82, 2.24) is 10.6 Å². The summed E-state index contributed by atoms with van der Waals surface area (Å²) in [6, 6.07) is 13.0. The first-order valence-corrected chi connectivity index (χ1v) is 8.80. The molecule has 0 saturated carbocycles. The van der Waals surface area contributed by atoms with Crippen molar-refractivity contribution in [3.63, 3.8) is 0 Å². The van der Waals surface area contributed by atoms with E-state index >= 15 is 0 Å². The minimum atomic E-state index is -0.295. The van der Waals surface area contributed by atoms with Crippen molar-refractivity contribution in [2.75, 3.05) is 17.2 Å². The van der Waals surface area contributed by atoms with E-state index in [9.17, 15) is 9.59 Å². The Hall–Kier alpha value is -3.02. The van der Waals surface area contributed by atoms with Crippen LogP contribution in [0.5, 0.6) is 0 Å². The molecule has 0 aliphatic carbocycles. The molecule has 3 amide bonds. The largest absolute Gasteiger partial charge is 0.377 e. The molecule has 6 heteroatoms. The number of carbonyl (C=O) groups excluding carboxylic acids is 2. The third-order valence-corrected chi connectivity index (χ3v) is 5.02. The zero-order chi connectivity index (χ0) is 18.3. The monoisotopic (exact) mass is 350 g/mol. The van der Waals surface area contributed by atoms with Crippen LogP contribution in [0.4, 0.5) is 16.2 Å². The van der Waals surface area contributed by atoms with E-state index in [1.807, 2.05) is 36.4 Å². The van der Waals surface area contributed by atoms with E-state index in [1.165, 1.54) is 0 Å². The first kappa shape index (κ1) is 16.4. The van der Waals surface area contributed by atoms with Crippen molar-refractivity contribution in [2.24, 2.45) is 0 Å². The third kappa shape index (κ3) is 2.87. The van der Waals surface area contributed by atoms with Crippen LogP contribution < -0.4 is 21.3 Å². The lowest BCUT2D eigenvalue weighted by Gasteiger charge is -2.29. The van der Waals surface area contributed by atoms with Gasteiger partial charge >= 0.3 is 6.03 Å². The van der Waals surface area contributed by atoms with Gasteiger partial charge in [0.1, 0.15) is 0 Å². The average molecular weight is 350 g/mol. The molecular weight excluding hydrogens is 328 g/mol. The Bertz CT molecular complexity index is 891. The first-order chi connectivity index (χ1) is 12.4. The van der Waals surface area contributed by atoms with Crippen molar-refractivity contribution in [3.8, 4) is 0 Å². The summed E-state index contributed by atoms with van der Waals surface area (Å²) in [6.07, 6.45) is 0.812. The van der Waals surface area contributed by atoms with Gasteiger partial charge in [0, 0.05) is 23.5 Å². The molecule has 1 unspecified atom stereocenters. The zero-order valence-electron chi connectivity index (χ0n) is 14.8. The van der Waals surface area contributed by atoms with Crippen LogP contribution >= 0.6 is 0 Å². The van der Waals surface area contributed by atoms with Crippen molar-refractivity contribution in [2.45, 2.75) is 31.8 Å². The molecule has 4 N–H and O–H groups in total. The minimum Gasteiger partial charge on any atom is -0.377 e. The summed E-state index contributed by atoms with van der Waals surface area (Å²) in [7, 11) is 0. The van der Waals surface area contributed by atoms with Gasteiger partial charge in [0.25, 0.3) is 5.91 Å². The van der Waals surface area contributed by atoms with Crippen LogP contribution in [0.25, 0.3) is 0 Å². The average Bonchev–Trinajstić information content (AvgIpc) is 2.86. The number of urea groups is 1. The van der Waals surface area contributed by atoms with Gasteiger partial charge in [0.15, 0.2) is 0 Å². The number of hydrogen-bond acceptors (Lipinski definition) is 3. The maximum Gasteiger partial charge on any atom is 0.319 e. The fraction of sp³-hybridized carbons (Fsp3) is 0.300. The highest BCUT2D eigenvalue weighted by atomic mass is 16.2. The van der Waals surface area contributed by atoms with Gasteiger partial charge in [-0.2, -0.15) is 0 Å². The summed E-state index contributed by atoms with van der Waals surface area (Å²) in [5, 5.41) is 12.2. The number of benzene rings is 2. The number of anilines is 2. The SMILES string of the molecule is CC1(C)Nc2ccccc2C1NC(=O)Nc1ccc2c(c1)C(=O)NCC2. The maximum absolute atomic E-state index is 12.6. The van der Waals surface area contributed by atoms with Crippen LogP contribution in [0.3, 0.4) is 0 Å². The van der Waals surface area contributed by atoms with E-state index in [2.05, 4.69) is 35.1 Å². The highest BCUT2D eigenvalue weighted by molar-refractivity contribution is 5.99. The lowest BCUT2D eigenvalue weighted by molar-refractivity contribution is 0.0946. The summed E-state index contributed by atoms with van der Waals surface area (Å²) in [5.74, 6) is -0.0923. The molecule has 4 rings (SSSR count). The van der Waals surface area contributed by atoms with Crippen molar-refractivity contribution in [3.05, 3.63) is 59.2 Å². The van der Waals surface area contributed by atoms with Crippen LogP contribution in [0, 0.1) is 0 Å². The Morgan fingerprint density at radius 3 is 2.85 bits per heavy atom. The van der Waals surface area contributed by atoms with Gasteiger partial charge in [0.2, 0.25) is 0 Å². The second-order valence-electron chi connectivity index (χ2n) is 7.34. The van der Waals surface area contributed by atoms with Crippen LogP contribution in [0.15, 0.2) is 42.5 Å². The number of para-hydroxylation sites is 1. The van der Waals surface area contributed by atoms with E-state index in [0.29, 0.717) is 17.8 Å². The number of fused-ring (bicyclic) bond motifs is 2. The molecule has 0 bridgehead atoms. The van der Waals surface area contributed by atoms with E-state index < -0.39 is 0 Å². The van der Waals surface area contributed by atoms with Crippen LogP contribution in [0.1, 0.15) is 41.4 Å². The van der Waals surface area contributed by atoms with E-state index in [-0.39, 0.29) is 23.5 Å². The first-order valence-electron chi connectivity index (χ1n) is 8.80. The van der Waals surface area contributed by atoms with Gasteiger partial charge in [-0.3, -0.25) is 4.79 Å². The van der Waals surface area contributed by atoms with E-state index in [4.69, 9.17) is 0 Å². The lowest BCUT2D eigenvalue weighted by atomic mass is 9.93. The molecule has 2 aromatic rings. The van der Waals surface area contributed by atoms with Gasteiger partial charge in [-0.1, -0.05) is 24.3 Å². The van der Waals surface area contributed by atoms with Crippen LogP contribution in [-0.4, -0.2) is 24.0 Å². The quantitative estimate of drug-likeness (QED) is 0.672. The minimum absolute atomic E-state index is 0.0923. The topological polar surface area (TPSA) is 82.3 Å². The molecule has 2 aliphatic heterocycles. The molecule has 2 aromatic carbocycles. The van der Waals surface area contributed by atoms with Crippen molar-refractivity contribution >= 4 is 23.3 Å². The molecule has 134 valence electrons. The van der Waals surface area contributed by atoms with Gasteiger partial charge < -0.3 is 21.3 Å². The predicted molar refractivity (Wildman–Crippen MR) is 102 cm³/mol. The maximum atomic E-state index is 12.6. The predicted octanol–water partition coefficient (Wildman–Crippen LogP) is 3.04. The number of amides is 3. The van der Waals surface area contributed by atoms with Gasteiger partial charge in [-0.05, 0) is 49.6 Å². The summed E-state index contributed by atoms with van der Waals surface area (Å²) >= 11 is 0. The Morgan fingerprint density at radius 1 is 1.19 bits per heavy atom. The molecule has 0 saturated heterocycles. The number of rotatable bonds is 2. The molecule has 2 heterocycles. The normalized spacial score (nSPS) is 19.6. The fourth-order valence-electron chi connectivity index (χ4n) is 3.72. The standard InChI is InChI=1S/C20H22N4O2/c1-20(2)17(14-5-3-4-6-16(14)24-20)23-19(26)22-13-8-7-12-9-10-21-18(25)15(12)11-13/h3-8,11,17,24H,9-10H2,1-2H3,(H,21,25)(H2,22,23,26). The molecule has 1 atom stereocenters. The molecule has 0 spiro atoms. The second-order valence-corrected chi connectivity index (χ2v) is 7.34. The van der Waals surface area contributed by atoms with Crippen molar-refractivity contribution < 1.29 is 9.59 Å². The second kappa shape index (κ2) is 6.05. The number of nitrogens with one attached hydrogen (secondary N) is 4. The Labute approximate surface area is 152 Å². The third-order valence-electron chi connectivity index (χ3n) is 5.02. The van der Waals surface area contributed by atoms with Gasteiger partial charge in [0.05, 0.1) is 11.6 Å². The van der Waals surface area contributed by atoms with Gasteiger partial charge in [-0.15, -0.1) is 0 Å². The fourth-order valence-corrected chi connectivity index (χ4v) is 3.72. The molecule has 0 radical (unpaired) electrons. The molecule has 0 aromatic heterocycles. The molecule has 6 nitrogen and oxygen atoms in total. The lowest BCUT2D eigenvalue weighted by Crippen LogP contribution is -2.44. The summed E-state index contributed by atoms with van der Waals surface area (Å²) < 4.78 is 0. The summed E-state index contributed by atoms with van der Waals surface area (Å²) in [5.41, 5.74) is 4.05. The summed E-state index contributed by atoms with van der Waals surface area (Å²) in [4.78, 5) is 24.5. The number of hydrogen-bond donors (Lipinski definition) is 4. The van der Waals surface area contributed by atoms with E-state index in [1.54, 1.807) is 6.07 Å². The Balaban J connectivity index is 1.51. The van der Waals surface area contributed by atoms with Crippen LogP contribution in [-0.2, 0) is 6.42 Å². The molecule has 0 fully saturated rings.